The van der Waals surface area contributed by atoms with Crippen molar-refractivity contribution in [1.29, 1.82) is 0 Å². The van der Waals surface area contributed by atoms with Crippen LogP contribution in [0, 0.1) is 5.92 Å². The number of fused-ring (bicyclic) bond motifs is 3. The zero-order valence-electron chi connectivity index (χ0n) is 16.5. The van der Waals surface area contributed by atoms with Crippen molar-refractivity contribution in [2.24, 2.45) is 5.92 Å². The molecule has 0 saturated carbocycles. The third-order valence-electron chi connectivity index (χ3n) is 7.34. The van der Waals surface area contributed by atoms with Crippen LogP contribution in [-0.4, -0.2) is 0 Å². The molecule has 0 amide bonds. The number of hydrogen-bond acceptors (Lipinski definition) is 0. The van der Waals surface area contributed by atoms with Crippen LogP contribution in [0.4, 0.5) is 0 Å². The van der Waals surface area contributed by atoms with Gasteiger partial charge < -0.3 is 0 Å². The van der Waals surface area contributed by atoms with Gasteiger partial charge >= 0.3 is 0 Å². The summed E-state index contributed by atoms with van der Waals surface area (Å²) in [7, 11) is 0. The van der Waals surface area contributed by atoms with Crippen LogP contribution < -0.4 is 0 Å². The Morgan fingerprint density at radius 3 is 2.48 bits per heavy atom. The van der Waals surface area contributed by atoms with E-state index in [-0.39, 0.29) is 0 Å². The molecule has 0 saturated heterocycles. The molecule has 3 aliphatic carbocycles. The van der Waals surface area contributed by atoms with E-state index in [1.54, 1.807) is 27.8 Å². The number of hydrogen-bond donors (Lipinski definition) is 0. The molecule has 2 aromatic rings. The van der Waals surface area contributed by atoms with Gasteiger partial charge in [0.25, 0.3) is 0 Å². The Morgan fingerprint density at radius 1 is 0.889 bits per heavy atom. The van der Waals surface area contributed by atoms with Crippen LogP contribution in [0.5, 0.6) is 0 Å². The highest BCUT2D eigenvalue weighted by Crippen LogP contribution is 2.54. The molecular weight excluding hydrogens is 324 g/mol. The Labute approximate surface area is 164 Å². The summed E-state index contributed by atoms with van der Waals surface area (Å²) in [6, 6.07) is 18.1. The fourth-order valence-corrected chi connectivity index (χ4v) is 5.63. The van der Waals surface area contributed by atoms with Crippen molar-refractivity contribution in [3.05, 3.63) is 82.4 Å². The van der Waals surface area contributed by atoms with Gasteiger partial charge in [0.1, 0.15) is 0 Å². The molecule has 0 N–H and O–H groups in total. The average molecular weight is 355 g/mol. The molecule has 0 aliphatic heterocycles. The first-order chi connectivity index (χ1) is 13.3. The van der Waals surface area contributed by atoms with Crippen molar-refractivity contribution in [3.8, 4) is 0 Å². The number of benzene rings is 2. The second-order valence-corrected chi connectivity index (χ2v) is 8.67. The lowest BCUT2D eigenvalue weighted by molar-refractivity contribution is 0.394. The smallest absolute Gasteiger partial charge is 0.00604 e. The van der Waals surface area contributed by atoms with Gasteiger partial charge in [-0.25, -0.2) is 0 Å². The van der Waals surface area contributed by atoms with Crippen molar-refractivity contribution in [2.45, 2.75) is 63.7 Å². The van der Waals surface area contributed by atoms with Gasteiger partial charge in [0.2, 0.25) is 0 Å². The van der Waals surface area contributed by atoms with E-state index in [9.17, 15) is 0 Å². The highest BCUT2D eigenvalue weighted by molar-refractivity contribution is 5.82. The minimum Gasteiger partial charge on any atom is -0.0764 e. The SMILES string of the molecule is CCC(CCC1C=Cc2ccccc21)CCC1C2=C(CC2)c2ccccc21. The molecule has 0 nitrogen and oxygen atoms in total. The van der Waals surface area contributed by atoms with Gasteiger partial charge in [-0.15, -0.1) is 0 Å². The summed E-state index contributed by atoms with van der Waals surface area (Å²) in [5.74, 6) is 2.23. The molecule has 0 bridgehead atoms. The molecule has 0 spiro atoms. The standard InChI is InChI=1S/C27H30/c1-2-19(11-13-21-15-14-20-7-3-4-8-22(20)21)12-16-25-23-9-5-6-10-24(23)26-17-18-27(25)26/h3-10,14-15,19,21,25H,2,11-13,16-18H2,1H3. The molecule has 0 radical (unpaired) electrons. The Balaban J connectivity index is 1.21. The summed E-state index contributed by atoms with van der Waals surface area (Å²) in [5, 5.41) is 0. The van der Waals surface area contributed by atoms with Crippen molar-refractivity contribution in [2.75, 3.05) is 0 Å². The molecule has 3 atom stereocenters. The van der Waals surface area contributed by atoms with Crippen LogP contribution in [0.1, 0.15) is 86.0 Å². The summed E-state index contributed by atoms with van der Waals surface area (Å²) >= 11 is 0. The lowest BCUT2D eigenvalue weighted by Crippen LogP contribution is -2.08. The van der Waals surface area contributed by atoms with E-state index in [4.69, 9.17) is 0 Å². The van der Waals surface area contributed by atoms with E-state index in [1.807, 2.05) is 0 Å². The van der Waals surface area contributed by atoms with Crippen molar-refractivity contribution in [3.63, 3.8) is 0 Å². The second-order valence-electron chi connectivity index (χ2n) is 8.67. The Hall–Kier alpha value is -2.08. The van der Waals surface area contributed by atoms with E-state index in [0.717, 1.165) is 11.8 Å². The van der Waals surface area contributed by atoms with Crippen LogP contribution in [0.15, 0.2) is 60.2 Å². The van der Waals surface area contributed by atoms with E-state index in [2.05, 4.69) is 67.6 Å². The Kier molecular flexibility index (Phi) is 4.52. The molecule has 0 aromatic heterocycles. The van der Waals surface area contributed by atoms with Crippen molar-refractivity contribution < 1.29 is 0 Å². The lowest BCUT2D eigenvalue weighted by Gasteiger charge is -2.25. The van der Waals surface area contributed by atoms with Crippen molar-refractivity contribution >= 4 is 11.6 Å². The third-order valence-corrected chi connectivity index (χ3v) is 7.34. The van der Waals surface area contributed by atoms with Crippen LogP contribution in [-0.2, 0) is 0 Å². The third kappa shape index (κ3) is 3.00. The predicted octanol–water partition coefficient (Wildman–Crippen LogP) is 7.73. The summed E-state index contributed by atoms with van der Waals surface area (Å²) in [5.41, 5.74) is 9.64. The van der Waals surface area contributed by atoms with Gasteiger partial charge in [-0.2, -0.15) is 0 Å². The van der Waals surface area contributed by atoms with Crippen LogP contribution in [0.2, 0.25) is 0 Å². The number of rotatable bonds is 7. The zero-order valence-corrected chi connectivity index (χ0v) is 16.5. The van der Waals surface area contributed by atoms with Gasteiger partial charge in [0.05, 0.1) is 0 Å². The van der Waals surface area contributed by atoms with Gasteiger partial charge in [0, 0.05) is 11.8 Å². The van der Waals surface area contributed by atoms with Crippen LogP contribution in [0.25, 0.3) is 11.6 Å². The van der Waals surface area contributed by atoms with Crippen LogP contribution in [0.3, 0.4) is 0 Å². The fourth-order valence-electron chi connectivity index (χ4n) is 5.63. The molecule has 0 fully saturated rings. The summed E-state index contributed by atoms with van der Waals surface area (Å²) in [4.78, 5) is 0. The Bertz CT molecular complexity index is 898. The molecule has 0 heterocycles. The molecule has 5 rings (SSSR count). The highest BCUT2D eigenvalue weighted by Gasteiger charge is 2.35. The normalized spacial score (nSPS) is 23.0. The molecule has 2 aromatic carbocycles. The summed E-state index contributed by atoms with van der Waals surface area (Å²) in [6.07, 6.45) is 14.1. The van der Waals surface area contributed by atoms with Gasteiger partial charge in [0.15, 0.2) is 0 Å². The summed E-state index contributed by atoms with van der Waals surface area (Å²) < 4.78 is 0. The van der Waals surface area contributed by atoms with Crippen molar-refractivity contribution in [1.82, 2.24) is 0 Å². The minimum atomic E-state index is 0.642. The molecule has 3 unspecified atom stereocenters. The topological polar surface area (TPSA) is 0 Å². The maximum absolute atomic E-state index is 2.43. The highest BCUT2D eigenvalue weighted by atomic mass is 14.4. The molecular formula is C27H30. The maximum atomic E-state index is 2.43. The van der Waals surface area contributed by atoms with E-state index in [0.29, 0.717) is 5.92 Å². The second kappa shape index (κ2) is 7.15. The fraction of sp³-hybridized carbons (Fsp3) is 0.407. The van der Waals surface area contributed by atoms with Gasteiger partial charge in [-0.05, 0) is 72.3 Å². The first kappa shape index (κ1) is 17.0. The van der Waals surface area contributed by atoms with Gasteiger partial charge in [-0.3, -0.25) is 0 Å². The Morgan fingerprint density at radius 2 is 1.67 bits per heavy atom. The first-order valence-corrected chi connectivity index (χ1v) is 10.9. The average Bonchev–Trinajstić information content (AvgIpc) is 3.18. The summed E-state index contributed by atoms with van der Waals surface area (Å²) in [6.45, 7) is 2.39. The molecule has 3 aliphatic rings. The molecule has 0 heteroatoms. The molecule has 27 heavy (non-hydrogen) atoms. The van der Waals surface area contributed by atoms with E-state index >= 15 is 0 Å². The monoisotopic (exact) mass is 354 g/mol. The predicted molar refractivity (Wildman–Crippen MR) is 116 cm³/mol. The first-order valence-electron chi connectivity index (χ1n) is 10.9. The zero-order chi connectivity index (χ0) is 18.2. The van der Waals surface area contributed by atoms with E-state index in [1.165, 1.54) is 50.5 Å². The van der Waals surface area contributed by atoms with Crippen LogP contribution >= 0.6 is 0 Å². The largest absolute Gasteiger partial charge is 0.0764 e. The number of allylic oxidation sites excluding steroid dienone is 3. The van der Waals surface area contributed by atoms with E-state index < -0.39 is 0 Å². The minimum absolute atomic E-state index is 0.642. The van der Waals surface area contributed by atoms with Gasteiger partial charge in [-0.1, -0.05) is 79.6 Å². The molecule has 138 valence electrons. The maximum Gasteiger partial charge on any atom is 0.00604 e. The lowest BCUT2D eigenvalue weighted by atomic mass is 9.80. The quantitative estimate of drug-likeness (QED) is 0.477.